The van der Waals surface area contributed by atoms with E-state index >= 15 is 0 Å². The topological polar surface area (TPSA) is 37.3 Å². The molecule has 0 spiro atoms. The number of carbonyl (C=O) groups is 1. The van der Waals surface area contributed by atoms with E-state index in [1.165, 1.54) is 51.4 Å². The van der Waals surface area contributed by atoms with Crippen molar-refractivity contribution in [2.45, 2.75) is 120 Å². The Morgan fingerprint density at radius 2 is 1.62 bits per heavy atom. The minimum Gasteiger partial charge on any atom is -0.481 e. The third-order valence-corrected chi connectivity index (χ3v) is 14.1. The van der Waals surface area contributed by atoms with Crippen LogP contribution in [0, 0.1) is 62.6 Å². The van der Waals surface area contributed by atoms with Gasteiger partial charge in [0.15, 0.2) is 0 Å². The molecule has 0 heterocycles. The molecule has 5 aliphatic carbocycles. The highest BCUT2D eigenvalue weighted by Crippen LogP contribution is 2.76. The number of rotatable bonds is 2. The number of fused-ring (bicyclic) bond motifs is 7. The zero-order valence-corrected chi connectivity index (χ0v) is 23.5. The summed E-state index contributed by atoms with van der Waals surface area (Å²) in [6, 6.07) is 0. The van der Waals surface area contributed by atoms with Crippen LogP contribution in [-0.2, 0) is 4.79 Å². The second-order valence-corrected chi connectivity index (χ2v) is 15.5. The molecule has 5 aliphatic rings. The van der Waals surface area contributed by atoms with Crippen LogP contribution in [0.15, 0.2) is 11.6 Å². The molecular formula is C32H52O2. The SMILES string of the molecule is CC1CCC2(C)CCC3(C)C(=CCC4C5(C)CCC(CC(=O)O)C(C)(C)C5CCC43C)C2C1C. The molecule has 0 aromatic rings. The molecule has 0 radical (unpaired) electrons. The fourth-order valence-electron chi connectivity index (χ4n) is 11.5. The first-order chi connectivity index (χ1) is 15.7. The van der Waals surface area contributed by atoms with Crippen LogP contribution >= 0.6 is 0 Å². The van der Waals surface area contributed by atoms with Crippen LogP contribution < -0.4 is 0 Å². The number of aliphatic carboxylic acids is 1. The Morgan fingerprint density at radius 3 is 2.29 bits per heavy atom. The van der Waals surface area contributed by atoms with Gasteiger partial charge in [0, 0.05) is 6.42 Å². The van der Waals surface area contributed by atoms with Gasteiger partial charge in [-0.25, -0.2) is 0 Å². The molecule has 192 valence electrons. The Bertz CT molecular complexity index is 885. The normalized spacial score (nSPS) is 54.1. The Hall–Kier alpha value is -0.790. The highest BCUT2D eigenvalue weighted by molar-refractivity contribution is 5.67. The third kappa shape index (κ3) is 3.08. The van der Waals surface area contributed by atoms with E-state index in [-0.39, 0.29) is 5.41 Å². The smallest absolute Gasteiger partial charge is 0.303 e. The fourth-order valence-corrected chi connectivity index (χ4v) is 11.5. The van der Waals surface area contributed by atoms with Gasteiger partial charge in [-0.15, -0.1) is 0 Å². The van der Waals surface area contributed by atoms with Gasteiger partial charge < -0.3 is 5.11 Å². The van der Waals surface area contributed by atoms with E-state index in [9.17, 15) is 9.90 Å². The number of carboxylic acid groups (broad SMARTS) is 1. The van der Waals surface area contributed by atoms with Crippen LogP contribution in [0.5, 0.6) is 0 Å². The average molecular weight is 469 g/mol. The van der Waals surface area contributed by atoms with E-state index in [1.807, 2.05) is 5.57 Å². The molecule has 4 fully saturated rings. The Labute approximate surface area is 209 Å². The predicted octanol–water partition coefficient (Wildman–Crippen LogP) is 8.75. The van der Waals surface area contributed by atoms with Crippen LogP contribution in [0.4, 0.5) is 0 Å². The summed E-state index contributed by atoms with van der Waals surface area (Å²) in [6.45, 7) is 20.5. The number of allylic oxidation sites excluding steroid dienone is 2. The summed E-state index contributed by atoms with van der Waals surface area (Å²) in [6.07, 6.45) is 14.9. The van der Waals surface area contributed by atoms with Crippen molar-refractivity contribution in [1.82, 2.24) is 0 Å². The molecule has 0 amide bonds. The highest BCUT2D eigenvalue weighted by Gasteiger charge is 2.68. The molecule has 4 saturated carbocycles. The zero-order valence-electron chi connectivity index (χ0n) is 23.5. The van der Waals surface area contributed by atoms with Crippen molar-refractivity contribution in [2.75, 3.05) is 0 Å². The van der Waals surface area contributed by atoms with E-state index < -0.39 is 5.97 Å². The standard InChI is InChI=1S/C32H52O2/c1-20-11-14-29(5)17-18-31(7)23(27(29)21(20)2)9-10-25-30(6)15-12-22(19-26(33)34)28(3,4)24(30)13-16-32(25,31)8/h9,20-22,24-25,27H,10-19H2,1-8H3,(H,33,34). The summed E-state index contributed by atoms with van der Waals surface area (Å²) in [7, 11) is 0. The number of hydrogen-bond acceptors (Lipinski definition) is 1. The van der Waals surface area contributed by atoms with Crippen molar-refractivity contribution in [3.63, 3.8) is 0 Å². The fraction of sp³-hybridized carbons (Fsp3) is 0.906. The number of hydrogen-bond donors (Lipinski definition) is 1. The van der Waals surface area contributed by atoms with Gasteiger partial charge >= 0.3 is 5.97 Å². The highest BCUT2D eigenvalue weighted by atomic mass is 16.4. The molecule has 0 saturated heterocycles. The largest absolute Gasteiger partial charge is 0.481 e. The molecule has 10 unspecified atom stereocenters. The summed E-state index contributed by atoms with van der Waals surface area (Å²) in [5.41, 5.74) is 3.47. The molecule has 1 N–H and O–H groups in total. The summed E-state index contributed by atoms with van der Waals surface area (Å²) in [5.74, 6) is 3.46. The molecule has 34 heavy (non-hydrogen) atoms. The molecule has 0 aliphatic heterocycles. The summed E-state index contributed by atoms with van der Waals surface area (Å²) in [4.78, 5) is 11.7. The van der Waals surface area contributed by atoms with E-state index in [0.717, 1.165) is 30.1 Å². The van der Waals surface area contributed by atoms with Crippen molar-refractivity contribution in [3.8, 4) is 0 Å². The molecule has 2 heteroatoms. The van der Waals surface area contributed by atoms with Crippen LogP contribution in [-0.4, -0.2) is 11.1 Å². The lowest BCUT2D eigenvalue weighted by Crippen LogP contribution is -2.64. The van der Waals surface area contributed by atoms with E-state index in [1.54, 1.807) is 0 Å². The Balaban J connectivity index is 1.54. The second kappa shape index (κ2) is 7.61. The van der Waals surface area contributed by atoms with Crippen LogP contribution in [0.25, 0.3) is 0 Å². The lowest BCUT2D eigenvalue weighted by Gasteiger charge is -2.71. The molecule has 0 aromatic heterocycles. The molecule has 0 aromatic carbocycles. The Morgan fingerprint density at radius 1 is 0.912 bits per heavy atom. The maximum atomic E-state index is 11.7. The van der Waals surface area contributed by atoms with Crippen LogP contribution in [0.1, 0.15) is 120 Å². The van der Waals surface area contributed by atoms with Crippen LogP contribution in [0.3, 0.4) is 0 Å². The van der Waals surface area contributed by atoms with E-state index in [2.05, 4.69) is 61.5 Å². The van der Waals surface area contributed by atoms with Crippen molar-refractivity contribution in [2.24, 2.45) is 62.6 Å². The van der Waals surface area contributed by atoms with Gasteiger partial charge in [0.25, 0.3) is 0 Å². The van der Waals surface area contributed by atoms with E-state index in [0.29, 0.717) is 39.9 Å². The molecular weight excluding hydrogens is 416 g/mol. The second-order valence-electron chi connectivity index (χ2n) is 15.5. The molecule has 0 bridgehead atoms. The van der Waals surface area contributed by atoms with Gasteiger partial charge in [-0.05, 0) is 120 Å². The number of carboxylic acids is 1. The maximum absolute atomic E-state index is 11.7. The summed E-state index contributed by atoms with van der Waals surface area (Å²) >= 11 is 0. The van der Waals surface area contributed by atoms with Crippen molar-refractivity contribution < 1.29 is 9.90 Å². The summed E-state index contributed by atoms with van der Waals surface area (Å²) in [5, 5.41) is 9.60. The average Bonchev–Trinajstić information content (AvgIpc) is 2.74. The maximum Gasteiger partial charge on any atom is 0.303 e. The molecule has 2 nitrogen and oxygen atoms in total. The minimum absolute atomic E-state index is 0.107. The van der Waals surface area contributed by atoms with Crippen molar-refractivity contribution >= 4 is 5.97 Å². The molecule has 10 atom stereocenters. The zero-order chi connectivity index (χ0) is 24.9. The van der Waals surface area contributed by atoms with Gasteiger partial charge in [0.05, 0.1) is 0 Å². The quantitative estimate of drug-likeness (QED) is 0.411. The monoisotopic (exact) mass is 468 g/mol. The van der Waals surface area contributed by atoms with Gasteiger partial charge in [-0.2, -0.15) is 0 Å². The van der Waals surface area contributed by atoms with Gasteiger partial charge in [-0.3, -0.25) is 4.79 Å². The van der Waals surface area contributed by atoms with Crippen molar-refractivity contribution in [3.05, 3.63) is 11.6 Å². The van der Waals surface area contributed by atoms with Gasteiger partial charge in [0.2, 0.25) is 0 Å². The lowest BCUT2D eigenvalue weighted by atomic mass is 9.33. The Kier molecular flexibility index (Phi) is 5.57. The summed E-state index contributed by atoms with van der Waals surface area (Å²) < 4.78 is 0. The minimum atomic E-state index is -0.610. The van der Waals surface area contributed by atoms with Crippen LogP contribution in [0.2, 0.25) is 0 Å². The third-order valence-electron chi connectivity index (χ3n) is 14.1. The predicted molar refractivity (Wildman–Crippen MR) is 140 cm³/mol. The van der Waals surface area contributed by atoms with Gasteiger partial charge in [0.1, 0.15) is 0 Å². The lowest BCUT2D eigenvalue weighted by molar-refractivity contribution is -0.194. The first-order valence-electron chi connectivity index (χ1n) is 14.6. The van der Waals surface area contributed by atoms with Crippen molar-refractivity contribution in [1.29, 1.82) is 0 Å². The molecule has 5 rings (SSSR count). The first kappa shape index (κ1) is 24.9. The van der Waals surface area contributed by atoms with Gasteiger partial charge in [-0.1, -0.05) is 67.0 Å². The first-order valence-corrected chi connectivity index (χ1v) is 14.6. The van der Waals surface area contributed by atoms with E-state index in [4.69, 9.17) is 0 Å².